The number of pyridine rings is 1. The van der Waals surface area contributed by atoms with Gasteiger partial charge in [0.05, 0.1) is 0 Å². The van der Waals surface area contributed by atoms with Gasteiger partial charge in [-0.1, -0.05) is 43.5 Å². The zero-order valence-electron chi connectivity index (χ0n) is 17.1. The summed E-state index contributed by atoms with van der Waals surface area (Å²) in [4.78, 5) is 6.77. The van der Waals surface area contributed by atoms with Crippen molar-refractivity contribution in [2.24, 2.45) is 0 Å². The van der Waals surface area contributed by atoms with Crippen LogP contribution in [0.2, 0.25) is 0 Å². The molecule has 4 nitrogen and oxygen atoms in total. The third-order valence-corrected chi connectivity index (χ3v) is 5.28. The van der Waals surface area contributed by atoms with E-state index in [2.05, 4.69) is 64.9 Å². The molecule has 3 aromatic rings. The molecule has 4 rings (SSSR count). The van der Waals surface area contributed by atoms with E-state index in [1.807, 2.05) is 12.3 Å². The minimum absolute atomic E-state index is 0.269. The number of piperazine rings is 1. The second-order valence-corrected chi connectivity index (χ2v) is 7.31. The molecule has 2 aromatic carbocycles. The van der Waals surface area contributed by atoms with Gasteiger partial charge in [0.1, 0.15) is 11.6 Å². The first-order valence-corrected chi connectivity index (χ1v) is 9.99. The molecule has 2 N–H and O–H groups in total. The van der Waals surface area contributed by atoms with Crippen LogP contribution < -0.4 is 10.6 Å². The molecule has 30 heavy (non-hydrogen) atoms. The van der Waals surface area contributed by atoms with E-state index in [4.69, 9.17) is 0 Å². The van der Waals surface area contributed by atoms with Gasteiger partial charge >= 0.3 is 0 Å². The lowest BCUT2D eigenvalue weighted by Crippen LogP contribution is -2.40. The van der Waals surface area contributed by atoms with E-state index in [1.54, 1.807) is 12.1 Å². The van der Waals surface area contributed by atoms with Crippen molar-refractivity contribution in [1.82, 2.24) is 15.2 Å². The number of halogens is 1. The number of anilines is 1. The smallest absolute Gasteiger partial charge is 0.130 e. The van der Waals surface area contributed by atoms with Crippen LogP contribution in [0.25, 0.3) is 22.2 Å². The average molecular weight is 401 g/mol. The fourth-order valence-electron chi connectivity index (χ4n) is 3.69. The number of hydrogen-bond donors (Lipinski definition) is 2. The molecule has 0 spiro atoms. The number of allylic oxidation sites excluding steroid dienone is 1. The fraction of sp³-hybridized carbons (Fsp3) is 0.160. The lowest BCUT2D eigenvalue weighted by atomic mass is 10.0. The maximum atomic E-state index is 13.2. The summed E-state index contributed by atoms with van der Waals surface area (Å²) in [6.07, 6.45) is 3.98. The molecule has 1 aromatic heterocycles. The van der Waals surface area contributed by atoms with Crippen LogP contribution in [-0.4, -0.2) is 29.5 Å². The Hall–Kier alpha value is -3.44. The van der Waals surface area contributed by atoms with Gasteiger partial charge in [0.25, 0.3) is 0 Å². The molecule has 2 heterocycles. The van der Waals surface area contributed by atoms with Crippen LogP contribution in [0.4, 0.5) is 10.2 Å². The fourth-order valence-corrected chi connectivity index (χ4v) is 3.69. The molecular weight excluding hydrogens is 375 g/mol. The first kappa shape index (κ1) is 19.9. The standard InChI is InChI=1S/C25H25FN4/c1-4-24(30-12-11-27-15-17(30)2)20-5-6-21-16-28-25(14-22(21)13-20)29-18(3)19-7-9-23(26)10-8-19/h4-10,13-14,16,27H,2-3,11-12,15H2,1H3,(H,28,29)/b24-4-. The van der Waals surface area contributed by atoms with Crippen molar-refractivity contribution in [2.75, 3.05) is 25.0 Å². The number of fused-ring (bicyclic) bond motifs is 1. The lowest BCUT2D eigenvalue weighted by molar-refractivity contribution is 0.411. The topological polar surface area (TPSA) is 40.2 Å². The van der Waals surface area contributed by atoms with Gasteiger partial charge in [0.15, 0.2) is 0 Å². The first-order valence-electron chi connectivity index (χ1n) is 9.99. The Morgan fingerprint density at radius 2 is 1.90 bits per heavy atom. The minimum atomic E-state index is -0.269. The van der Waals surface area contributed by atoms with E-state index in [1.165, 1.54) is 12.1 Å². The van der Waals surface area contributed by atoms with Crippen molar-refractivity contribution in [1.29, 1.82) is 0 Å². The Labute approximate surface area is 176 Å². The summed E-state index contributed by atoms with van der Waals surface area (Å²) in [5.74, 6) is 0.428. The van der Waals surface area contributed by atoms with Crippen molar-refractivity contribution < 1.29 is 4.39 Å². The molecule has 0 radical (unpaired) electrons. The Bertz CT molecular complexity index is 1130. The van der Waals surface area contributed by atoms with Gasteiger partial charge < -0.3 is 15.5 Å². The van der Waals surface area contributed by atoms with Crippen molar-refractivity contribution in [3.63, 3.8) is 0 Å². The van der Waals surface area contributed by atoms with Gasteiger partial charge in [-0.15, -0.1) is 0 Å². The maximum Gasteiger partial charge on any atom is 0.130 e. The number of nitrogens with zero attached hydrogens (tertiary/aromatic N) is 2. The molecule has 0 amide bonds. The summed E-state index contributed by atoms with van der Waals surface area (Å²) in [6, 6.07) is 14.6. The molecule has 0 unspecified atom stereocenters. The van der Waals surface area contributed by atoms with Crippen molar-refractivity contribution in [3.8, 4) is 0 Å². The van der Waals surface area contributed by atoms with Gasteiger partial charge in [-0.2, -0.15) is 0 Å². The molecule has 5 heteroatoms. The summed E-state index contributed by atoms with van der Waals surface area (Å²) >= 11 is 0. The van der Waals surface area contributed by atoms with Crippen molar-refractivity contribution in [2.45, 2.75) is 6.92 Å². The van der Waals surface area contributed by atoms with Crippen LogP contribution in [0.1, 0.15) is 18.1 Å². The van der Waals surface area contributed by atoms with Gasteiger partial charge in [0, 0.05) is 48.3 Å². The summed E-state index contributed by atoms with van der Waals surface area (Å²) in [5.41, 5.74) is 4.86. The highest BCUT2D eigenvalue weighted by molar-refractivity contribution is 5.88. The van der Waals surface area contributed by atoms with E-state index in [-0.39, 0.29) is 5.82 Å². The first-order chi connectivity index (χ1) is 14.5. The Kier molecular flexibility index (Phi) is 5.63. The number of nitrogens with one attached hydrogen (secondary N) is 2. The van der Waals surface area contributed by atoms with E-state index in [9.17, 15) is 4.39 Å². The van der Waals surface area contributed by atoms with Crippen LogP contribution in [0.15, 0.2) is 79.7 Å². The van der Waals surface area contributed by atoms with Gasteiger partial charge in [-0.3, -0.25) is 0 Å². The Morgan fingerprint density at radius 3 is 2.63 bits per heavy atom. The normalized spacial score (nSPS) is 14.8. The Morgan fingerprint density at radius 1 is 1.13 bits per heavy atom. The maximum absolute atomic E-state index is 13.2. The number of rotatable bonds is 5. The van der Waals surface area contributed by atoms with E-state index in [0.717, 1.165) is 52.9 Å². The lowest BCUT2D eigenvalue weighted by Gasteiger charge is -2.33. The highest BCUT2D eigenvalue weighted by atomic mass is 19.1. The van der Waals surface area contributed by atoms with Crippen LogP contribution >= 0.6 is 0 Å². The van der Waals surface area contributed by atoms with Crippen molar-refractivity contribution >= 4 is 28.0 Å². The van der Waals surface area contributed by atoms with Gasteiger partial charge in [0.2, 0.25) is 0 Å². The highest BCUT2D eigenvalue weighted by Crippen LogP contribution is 2.28. The zero-order chi connectivity index (χ0) is 21.1. The van der Waals surface area contributed by atoms with Crippen LogP contribution in [-0.2, 0) is 0 Å². The predicted molar refractivity (Wildman–Crippen MR) is 123 cm³/mol. The third kappa shape index (κ3) is 4.11. The van der Waals surface area contributed by atoms with Gasteiger partial charge in [-0.25, -0.2) is 9.37 Å². The molecule has 152 valence electrons. The zero-order valence-corrected chi connectivity index (χ0v) is 17.1. The number of benzene rings is 2. The predicted octanol–water partition coefficient (Wildman–Crippen LogP) is 5.24. The molecule has 1 aliphatic heterocycles. The molecule has 0 saturated carbocycles. The minimum Gasteiger partial charge on any atom is -0.343 e. The quantitative estimate of drug-likeness (QED) is 0.615. The molecule has 1 saturated heterocycles. The number of hydrogen-bond acceptors (Lipinski definition) is 4. The molecule has 0 bridgehead atoms. The highest BCUT2D eigenvalue weighted by Gasteiger charge is 2.17. The average Bonchev–Trinajstić information content (AvgIpc) is 2.76. The van der Waals surface area contributed by atoms with Gasteiger partial charge in [-0.05, 0) is 47.7 Å². The van der Waals surface area contributed by atoms with Crippen LogP contribution in [0, 0.1) is 5.82 Å². The van der Waals surface area contributed by atoms with E-state index >= 15 is 0 Å². The second kappa shape index (κ2) is 8.51. The second-order valence-electron chi connectivity index (χ2n) is 7.31. The molecule has 1 aliphatic rings. The third-order valence-electron chi connectivity index (χ3n) is 5.28. The number of aromatic nitrogens is 1. The van der Waals surface area contributed by atoms with Crippen LogP contribution in [0.3, 0.4) is 0 Å². The molecule has 0 atom stereocenters. The van der Waals surface area contributed by atoms with E-state index in [0.29, 0.717) is 11.5 Å². The largest absolute Gasteiger partial charge is 0.343 e. The Balaban J connectivity index is 1.61. The molecule has 1 fully saturated rings. The summed E-state index contributed by atoms with van der Waals surface area (Å²) in [7, 11) is 0. The summed E-state index contributed by atoms with van der Waals surface area (Å²) < 4.78 is 13.2. The SMILES string of the molecule is C=C(Nc1cc2cc(/C(=C/C)N3CCNCC3=C)ccc2cn1)c1ccc(F)cc1. The summed E-state index contributed by atoms with van der Waals surface area (Å²) in [6.45, 7) is 13.0. The molecular formula is C25H25FN4. The van der Waals surface area contributed by atoms with E-state index < -0.39 is 0 Å². The monoisotopic (exact) mass is 400 g/mol. The van der Waals surface area contributed by atoms with Crippen molar-refractivity contribution in [3.05, 3.63) is 96.6 Å². The molecule has 0 aliphatic carbocycles. The van der Waals surface area contributed by atoms with Crippen LogP contribution in [0.5, 0.6) is 0 Å². The summed E-state index contributed by atoms with van der Waals surface area (Å²) in [5, 5.41) is 8.72.